The Balaban J connectivity index is 1.37. The number of carbonyl (C=O) groups is 4. The minimum absolute atomic E-state index is 0.0311. The highest BCUT2D eigenvalue weighted by atomic mass is 16.2. The Bertz CT molecular complexity index is 1260. The van der Waals surface area contributed by atoms with E-state index in [1.807, 2.05) is 17.0 Å². The average molecular weight is 517 g/mol. The number of amides is 4. The van der Waals surface area contributed by atoms with E-state index in [0.29, 0.717) is 36.3 Å². The molecule has 3 aliphatic rings. The van der Waals surface area contributed by atoms with Crippen molar-refractivity contribution in [1.82, 2.24) is 15.1 Å². The zero-order valence-electron chi connectivity index (χ0n) is 21.2. The molecular formula is C28H32N6O4. The van der Waals surface area contributed by atoms with Crippen LogP contribution < -0.4 is 16.0 Å². The zero-order chi connectivity index (χ0) is 26.5. The first-order chi connectivity index (χ1) is 18.5. The van der Waals surface area contributed by atoms with Gasteiger partial charge in [0.15, 0.2) is 0 Å². The predicted molar refractivity (Wildman–Crippen MR) is 144 cm³/mol. The van der Waals surface area contributed by atoms with Crippen LogP contribution in [0.4, 0.5) is 11.4 Å². The van der Waals surface area contributed by atoms with Gasteiger partial charge in [-0.2, -0.15) is 0 Å². The van der Waals surface area contributed by atoms with E-state index >= 15 is 0 Å². The number of nitrogens with one attached hydrogen (secondary N) is 3. The van der Waals surface area contributed by atoms with E-state index in [9.17, 15) is 19.2 Å². The first-order valence-electron chi connectivity index (χ1n) is 13.2. The third-order valence-electron chi connectivity index (χ3n) is 7.09. The van der Waals surface area contributed by atoms with Gasteiger partial charge in [-0.15, -0.1) is 0 Å². The van der Waals surface area contributed by atoms with Crippen LogP contribution in [-0.2, 0) is 20.8 Å². The highest BCUT2D eigenvalue weighted by molar-refractivity contribution is 6.11. The Kier molecular flexibility index (Phi) is 7.67. The Hall–Kier alpha value is -4.21. The number of likely N-dealkylation sites (tertiary alicyclic amines) is 2. The average Bonchev–Trinajstić information content (AvgIpc) is 3.55. The lowest BCUT2D eigenvalue weighted by Crippen LogP contribution is -2.45. The molecular weight excluding hydrogens is 484 g/mol. The van der Waals surface area contributed by atoms with Crippen molar-refractivity contribution in [2.75, 3.05) is 36.8 Å². The summed E-state index contributed by atoms with van der Waals surface area (Å²) in [6.07, 6.45) is 4.39. The van der Waals surface area contributed by atoms with E-state index < -0.39 is 6.04 Å². The van der Waals surface area contributed by atoms with Gasteiger partial charge in [0.1, 0.15) is 6.04 Å². The first kappa shape index (κ1) is 25.4. The van der Waals surface area contributed by atoms with Gasteiger partial charge < -0.3 is 20.4 Å². The van der Waals surface area contributed by atoms with Crippen LogP contribution in [0.25, 0.3) is 0 Å². The summed E-state index contributed by atoms with van der Waals surface area (Å²) in [5, 5.41) is 8.77. The lowest BCUT2D eigenvalue weighted by Gasteiger charge is -2.25. The molecule has 2 aromatic carbocycles. The van der Waals surface area contributed by atoms with Crippen molar-refractivity contribution in [2.24, 2.45) is 4.99 Å². The lowest BCUT2D eigenvalue weighted by atomic mass is 10.1. The smallest absolute Gasteiger partial charge is 0.257 e. The van der Waals surface area contributed by atoms with Crippen LogP contribution in [0.1, 0.15) is 48.0 Å². The largest absolute Gasteiger partial charge is 0.341 e. The lowest BCUT2D eigenvalue weighted by molar-refractivity contribution is -0.140. The number of hydrogen-bond donors (Lipinski definition) is 3. The van der Waals surface area contributed by atoms with Crippen molar-refractivity contribution in [3.63, 3.8) is 0 Å². The molecule has 3 N–H and O–H groups in total. The fourth-order valence-electron chi connectivity index (χ4n) is 5.04. The molecule has 2 fully saturated rings. The summed E-state index contributed by atoms with van der Waals surface area (Å²) in [4.78, 5) is 59.1. The molecule has 10 nitrogen and oxygen atoms in total. The topological polar surface area (TPSA) is 123 Å². The van der Waals surface area contributed by atoms with Gasteiger partial charge in [0.2, 0.25) is 23.7 Å². The molecule has 5 rings (SSSR count). The van der Waals surface area contributed by atoms with Crippen LogP contribution in [0.3, 0.4) is 0 Å². The van der Waals surface area contributed by atoms with Gasteiger partial charge in [0, 0.05) is 36.6 Å². The van der Waals surface area contributed by atoms with Crippen molar-refractivity contribution in [3.8, 4) is 0 Å². The normalized spacial score (nSPS) is 19.6. The van der Waals surface area contributed by atoms with E-state index in [1.165, 1.54) is 0 Å². The van der Waals surface area contributed by atoms with Crippen LogP contribution in [0.2, 0.25) is 0 Å². The van der Waals surface area contributed by atoms with Gasteiger partial charge in [-0.1, -0.05) is 24.3 Å². The summed E-state index contributed by atoms with van der Waals surface area (Å²) >= 11 is 0. The minimum atomic E-state index is -0.739. The molecule has 198 valence electrons. The zero-order valence-corrected chi connectivity index (χ0v) is 21.2. The summed E-state index contributed by atoms with van der Waals surface area (Å²) in [5.74, 6) is -0.556. The van der Waals surface area contributed by atoms with Crippen molar-refractivity contribution < 1.29 is 19.2 Å². The molecule has 0 unspecified atom stereocenters. The number of hydrogen-bond acceptors (Lipinski definition) is 5. The quantitative estimate of drug-likeness (QED) is 0.416. The van der Waals surface area contributed by atoms with Gasteiger partial charge >= 0.3 is 0 Å². The molecule has 3 aliphatic heterocycles. The van der Waals surface area contributed by atoms with E-state index in [2.05, 4.69) is 20.9 Å². The second-order valence-corrected chi connectivity index (χ2v) is 9.88. The Morgan fingerprint density at radius 3 is 2.53 bits per heavy atom. The van der Waals surface area contributed by atoms with E-state index in [1.54, 1.807) is 41.3 Å². The number of guanidine groups is 1. The number of rotatable bonds is 5. The SMILES string of the molecule is O=C1Cc2ccc(NC(=N[C@H]3CCCCN(CC(=O)N4CCCC4)C3=O)NC(=O)c3ccccc3)cc2N1. The van der Waals surface area contributed by atoms with Gasteiger partial charge in [-0.3, -0.25) is 24.5 Å². The van der Waals surface area contributed by atoms with Crippen molar-refractivity contribution in [2.45, 2.75) is 44.6 Å². The Morgan fingerprint density at radius 2 is 1.74 bits per heavy atom. The molecule has 0 aromatic heterocycles. The highest BCUT2D eigenvalue weighted by Gasteiger charge is 2.30. The molecule has 0 radical (unpaired) electrons. The number of carbonyl (C=O) groups excluding carboxylic acids is 4. The molecule has 0 bridgehead atoms. The maximum Gasteiger partial charge on any atom is 0.257 e. The van der Waals surface area contributed by atoms with E-state index in [0.717, 1.165) is 44.3 Å². The number of nitrogens with zero attached hydrogens (tertiary/aromatic N) is 3. The molecule has 3 heterocycles. The van der Waals surface area contributed by atoms with Crippen LogP contribution in [0, 0.1) is 0 Å². The van der Waals surface area contributed by atoms with Gasteiger partial charge in [0.05, 0.1) is 13.0 Å². The molecule has 0 aliphatic carbocycles. The summed E-state index contributed by atoms with van der Waals surface area (Å²) in [6.45, 7) is 2.04. The number of anilines is 2. The summed E-state index contributed by atoms with van der Waals surface area (Å²) in [6, 6.07) is 13.4. The van der Waals surface area contributed by atoms with E-state index in [4.69, 9.17) is 0 Å². The maximum atomic E-state index is 13.5. The molecule has 1 atom stereocenters. The van der Waals surface area contributed by atoms with Crippen LogP contribution in [0.5, 0.6) is 0 Å². The minimum Gasteiger partial charge on any atom is -0.341 e. The number of benzene rings is 2. The molecule has 2 aromatic rings. The summed E-state index contributed by atoms with van der Waals surface area (Å²) < 4.78 is 0. The Labute approximate surface area is 221 Å². The molecule has 0 spiro atoms. The Morgan fingerprint density at radius 1 is 0.974 bits per heavy atom. The van der Waals surface area contributed by atoms with Crippen LogP contribution in [0.15, 0.2) is 53.5 Å². The van der Waals surface area contributed by atoms with Crippen molar-refractivity contribution in [1.29, 1.82) is 0 Å². The summed E-state index contributed by atoms with van der Waals surface area (Å²) in [7, 11) is 0. The van der Waals surface area contributed by atoms with Crippen molar-refractivity contribution >= 4 is 41.0 Å². The second-order valence-electron chi connectivity index (χ2n) is 9.88. The molecule has 2 saturated heterocycles. The fraction of sp³-hybridized carbons (Fsp3) is 0.393. The van der Waals surface area contributed by atoms with Crippen molar-refractivity contribution in [3.05, 3.63) is 59.7 Å². The van der Waals surface area contributed by atoms with Crippen LogP contribution >= 0.6 is 0 Å². The monoisotopic (exact) mass is 516 g/mol. The third kappa shape index (κ3) is 6.01. The highest BCUT2D eigenvalue weighted by Crippen LogP contribution is 2.26. The van der Waals surface area contributed by atoms with Crippen LogP contribution in [-0.4, -0.2) is 71.6 Å². The third-order valence-corrected chi connectivity index (χ3v) is 7.09. The number of fused-ring (bicyclic) bond motifs is 1. The first-order valence-corrected chi connectivity index (χ1v) is 13.2. The molecule has 38 heavy (non-hydrogen) atoms. The predicted octanol–water partition coefficient (Wildman–Crippen LogP) is 2.38. The van der Waals surface area contributed by atoms with Gasteiger partial charge in [-0.05, 0) is 61.9 Å². The molecule has 0 saturated carbocycles. The van der Waals surface area contributed by atoms with Gasteiger partial charge in [0.25, 0.3) is 5.91 Å². The fourth-order valence-corrected chi connectivity index (χ4v) is 5.04. The standard InChI is InChI=1S/C28H32N6O4/c35-24-16-20-11-12-21(17-23(20)30-24)29-28(32-26(37)19-8-2-1-3-9-19)31-22-10-4-5-15-34(27(22)38)18-25(36)33-13-6-7-14-33/h1-3,8-9,11-12,17,22H,4-7,10,13-16,18H2,(H,30,35)(H2,29,31,32,37)/t22-/m0/s1. The van der Waals surface area contributed by atoms with E-state index in [-0.39, 0.29) is 36.1 Å². The van der Waals surface area contributed by atoms with Gasteiger partial charge in [-0.25, -0.2) is 4.99 Å². The molecule has 4 amide bonds. The second kappa shape index (κ2) is 11.5. The molecule has 10 heteroatoms. The number of aliphatic imine (C=N–C) groups is 1. The summed E-state index contributed by atoms with van der Waals surface area (Å²) in [5.41, 5.74) is 2.66. The maximum absolute atomic E-state index is 13.5.